The summed E-state index contributed by atoms with van der Waals surface area (Å²) in [5.74, 6) is 0.325. The number of phenolic OH excluding ortho intramolecular Hbond substituents is 1. The Morgan fingerprint density at radius 1 is 1.35 bits per heavy atom. The fourth-order valence-electron chi connectivity index (χ4n) is 3.45. The molecular weight excluding hydrogens is 328 g/mol. The van der Waals surface area contributed by atoms with Crippen molar-refractivity contribution >= 4 is 11.6 Å². The maximum atomic E-state index is 12.6. The molecular formula is C20H26N4O2. The molecule has 1 aromatic carbocycles. The van der Waals surface area contributed by atoms with Crippen LogP contribution in [0.2, 0.25) is 0 Å². The highest BCUT2D eigenvalue weighted by atomic mass is 16.3. The van der Waals surface area contributed by atoms with E-state index in [1.54, 1.807) is 25.1 Å². The van der Waals surface area contributed by atoms with Gasteiger partial charge in [-0.1, -0.05) is 32.9 Å². The summed E-state index contributed by atoms with van der Waals surface area (Å²) in [6.45, 7) is 8.46. The summed E-state index contributed by atoms with van der Waals surface area (Å²) in [6, 6.07) is 6.90. The highest BCUT2D eigenvalue weighted by Crippen LogP contribution is 2.37. The van der Waals surface area contributed by atoms with Crippen LogP contribution in [0.25, 0.3) is 0 Å². The number of carbonyl (C=O) groups excluding carboxylic acids is 1. The van der Waals surface area contributed by atoms with Crippen LogP contribution in [0, 0.1) is 11.3 Å². The highest BCUT2D eigenvalue weighted by molar-refractivity contribution is 6.02. The van der Waals surface area contributed by atoms with Gasteiger partial charge in [0.2, 0.25) is 0 Å². The maximum Gasteiger partial charge on any atom is 0.292 e. The van der Waals surface area contributed by atoms with Crippen LogP contribution < -0.4 is 5.43 Å². The Kier molecular flexibility index (Phi) is 4.85. The molecule has 0 saturated heterocycles. The minimum Gasteiger partial charge on any atom is -0.507 e. The number of hydrazone groups is 1. The lowest BCUT2D eigenvalue weighted by Gasteiger charge is -2.33. The molecule has 138 valence electrons. The molecule has 1 amide bonds. The number of fused-ring (bicyclic) bond motifs is 1. The van der Waals surface area contributed by atoms with E-state index in [-0.39, 0.29) is 17.1 Å². The average molecular weight is 354 g/mol. The van der Waals surface area contributed by atoms with Crippen LogP contribution in [0.1, 0.15) is 61.4 Å². The number of hydrogen-bond acceptors (Lipinski definition) is 4. The Bertz CT molecular complexity index is 846. The van der Waals surface area contributed by atoms with Gasteiger partial charge in [-0.3, -0.25) is 9.89 Å². The van der Waals surface area contributed by atoms with Crippen LogP contribution in [-0.4, -0.2) is 26.9 Å². The van der Waals surface area contributed by atoms with Crippen molar-refractivity contribution in [2.45, 2.75) is 47.0 Å². The summed E-state index contributed by atoms with van der Waals surface area (Å²) < 4.78 is 0. The van der Waals surface area contributed by atoms with E-state index in [4.69, 9.17) is 0 Å². The molecule has 1 atom stereocenters. The molecule has 6 nitrogen and oxygen atoms in total. The first-order chi connectivity index (χ1) is 12.3. The number of H-pyrrole nitrogens is 1. The number of carbonyl (C=O) groups is 1. The summed E-state index contributed by atoms with van der Waals surface area (Å²) in [5.41, 5.74) is 6.37. The molecule has 0 fully saturated rings. The Hall–Kier alpha value is -2.63. The van der Waals surface area contributed by atoms with E-state index in [1.165, 1.54) is 0 Å². The summed E-state index contributed by atoms with van der Waals surface area (Å²) >= 11 is 0. The number of aromatic amines is 1. The van der Waals surface area contributed by atoms with E-state index in [0.29, 0.717) is 22.9 Å². The fourth-order valence-corrected chi connectivity index (χ4v) is 3.45. The number of amides is 1. The average Bonchev–Trinajstić information content (AvgIpc) is 3.02. The first-order valence-electron chi connectivity index (χ1n) is 8.96. The van der Waals surface area contributed by atoms with Crippen LogP contribution in [0.4, 0.5) is 0 Å². The summed E-state index contributed by atoms with van der Waals surface area (Å²) in [6.07, 6.45) is 2.86. The zero-order valence-corrected chi connectivity index (χ0v) is 15.8. The van der Waals surface area contributed by atoms with Crippen LogP contribution in [0.3, 0.4) is 0 Å². The third-order valence-corrected chi connectivity index (χ3v) is 5.20. The van der Waals surface area contributed by atoms with Crippen molar-refractivity contribution in [3.8, 4) is 5.75 Å². The molecule has 1 aliphatic rings. The van der Waals surface area contributed by atoms with Gasteiger partial charge in [0.1, 0.15) is 5.75 Å². The van der Waals surface area contributed by atoms with Gasteiger partial charge in [-0.15, -0.1) is 0 Å². The molecule has 1 aliphatic carbocycles. The van der Waals surface area contributed by atoms with Crippen molar-refractivity contribution in [1.82, 2.24) is 15.6 Å². The van der Waals surface area contributed by atoms with Gasteiger partial charge in [-0.25, -0.2) is 5.43 Å². The molecule has 1 unspecified atom stereocenters. The smallest absolute Gasteiger partial charge is 0.292 e. The van der Waals surface area contributed by atoms with Crippen molar-refractivity contribution in [3.05, 3.63) is 46.8 Å². The molecule has 1 aromatic heterocycles. The van der Waals surface area contributed by atoms with E-state index in [9.17, 15) is 9.90 Å². The van der Waals surface area contributed by atoms with Gasteiger partial charge in [0.05, 0.1) is 5.71 Å². The lowest BCUT2D eigenvalue weighted by molar-refractivity contribution is 0.0947. The summed E-state index contributed by atoms with van der Waals surface area (Å²) in [7, 11) is 0. The largest absolute Gasteiger partial charge is 0.507 e. The van der Waals surface area contributed by atoms with Crippen molar-refractivity contribution in [1.29, 1.82) is 0 Å². The topological polar surface area (TPSA) is 90.4 Å². The zero-order chi connectivity index (χ0) is 18.9. The second-order valence-electron chi connectivity index (χ2n) is 7.99. The predicted octanol–water partition coefficient (Wildman–Crippen LogP) is 3.42. The predicted molar refractivity (Wildman–Crippen MR) is 101 cm³/mol. The number of aromatic hydroxyl groups is 1. The number of phenols is 1. The Morgan fingerprint density at radius 3 is 2.77 bits per heavy atom. The van der Waals surface area contributed by atoms with Crippen LogP contribution in [0.15, 0.2) is 29.4 Å². The molecule has 0 aliphatic heterocycles. The zero-order valence-electron chi connectivity index (χ0n) is 15.8. The molecule has 1 heterocycles. The van der Waals surface area contributed by atoms with Crippen molar-refractivity contribution < 1.29 is 9.90 Å². The summed E-state index contributed by atoms with van der Waals surface area (Å²) in [4.78, 5) is 12.6. The van der Waals surface area contributed by atoms with Gasteiger partial charge in [0.25, 0.3) is 5.91 Å². The number of para-hydroxylation sites is 1. The molecule has 0 radical (unpaired) electrons. The Labute approximate surface area is 153 Å². The van der Waals surface area contributed by atoms with E-state index in [0.717, 1.165) is 30.5 Å². The quantitative estimate of drug-likeness (QED) is 0.583. The number of rotatable bonds is 3. The number of aromatic nitrogens is 2. The van der Waals surface area contributed by atoms with Gasteiger partial charge in [0, 0.05) is 16.8 Å². The summed E-state index contributed by atoms with van der Waals surface area (Å²) in [5, 5.41) is 21.2. The van der Waals surface area contributed by atoms with E-state index in [2.05, 4.69) is 41.5 Å². The Balaban J connectivity index is 1.77. The molecule has 0 bridgehead atoms. The van der Waals surface area contributed by atoms with E-state index in [1.807, 2.05) is 6.07 Å². The molecule has 3 N–H and O–H groups in total. The molecule has 2 aromatic rings. The SMILES string of the molecule is C/C(=N\NC(=O)c1n[nH]c2c1CC(C(C)(C)C)CC2)c1ccccc1O. The number of hydrogen-bond donors (Lipinski definition) is 3. The molecule has 0 spiro atoms. The third kappa shape index (κ3) is 3.64. The van der Waals surface area contributed by atoms with Gasteiger partial charge in [-0.2, -0.15) is 10.2 Å². The molecule has 26 heavy (non-hydrogen) atoms. The second kappa shape index (κ2) is 6.94. The normalized spacial score (nSPS) is 17.7. The van der Waals surface area contributed by atoms with Crippen LogP contribution in [-0.2, 0) is 12.8 Å². The standard InChI is InChI=1S/C20H26N4O2/c1-12(14-7-5-6-8-17(14)25)21-24-19(26)18-15-11-13(20(2,3)4)9-10-16(15)22-23-18/h5-8,13,25H,9-11H2,1-4H3,(H,22,23)(H,24,26)/b21-12+. The minimum absolute atomic E-state index is 0.133. The van der Waals surface area contributed by atoms with Gasteiger partial charge < -0.3 is 5.11 Å². The lowest BCUT2D eigenvalue weighted by Crippen LogP contribution is -2.28. The van der Waals surface area contributed by atoms with E-state index < -0.39 is 0 Å². The number of aryl methyl sites for hydroxylation is 1. The van der Waals surface area contributed by atoms with Crippen molar-refractivity contribution in [2.75, 3.05) is 0 Å². The molecule has 3 rings (SSSR count). The number of nitrogens with one attached hydrogen (secondary N) is 2. The number of nitrogens with zero attached hydrogens (tertiary/aromatic N) is 2. The highest BCUT2D eigenvalue weighted by Gasteiger charge is 2.32. The monoisotopic (exact) mass is 354 g/mol. The molecule has 6 heteroatoms. The van der Waals surface area contributed by atoms with Gasteiger partial charge >= 0.3 is 0 Å². The van der Waals surface area contributed by atoms with Gasteiger partial charge in [0.15, 0.2) is 5.69 Å². The van der Waals surface area contributed by atoms with Gasteiger partial charge in [-0.05, 0) is 49.7 Å². The van der Waals surface area contributed by atoms with Crippen LogP contribution in [0.5, 0.6) is 5.75 Å². The first kappa shape index (κ1) is 18.2. The molecule has 0 saturated carbocycles. The minimum atomic E-state index is -0.327. The third-order valence-electron chi connectivity index (χ3n) is 5.20. The number of benzene rings is 1. The van der Waals surface area contributed by atoms with Crippen LogP contribution >= 0.6 is 0 Å². The van der Waals surface area contributed by atoms with E-state index >= 15 is 0 Å². The maximum absolute atomic E-state index is 12.6. The van der Waals surface area contributed by atoms with Crippen molar-refractivity contribution in [3.63, 3.8) is 0 Å². The second-order valence-corrected chi connectivity index (χ2v) is 7.99. The lowest BCUT2D eigenvalue weighted by atomic mass is 9.71. The fraction of sp³-hybridized carbons (Fsp3) is 0.450. The first-order valence-corrected chi connectivity index (χ1v) is 8.96. The Morgan fingerprint density at radius 2 is 2.08 bits per heavy atom. The van der Waals surface area contributed by atoms with Crippen molar-refractivity contribution in [2.24, 2.45) is 16.4 Å².